The lowest BCUT2D eigenvalue weighted by atomic mass is 9.85. The Kier molecular flexibility index (Phi) is 5.38. The minimum atomic E-state index is -0.886. The van der Waals surface area contributed by atoms with Gasteiger partial charge in [0.15, 0.2) is 11.6 Å². The largest absolute Gasteiger partial charge is 0.341 e. The van der Waals surface area contributed by atoms with Crippen molar-refractivity contribution in [2.24, 2.45) is 5.92 Å². The van der Waals surface area contributed by atoms with Crippen molar-refractivity contribution in [2.45, 2.75) is 18.5 Å². The van der Waals surface area contributed by atoms with Crippen LogP contribution in [0, 0.1) is 17.6 Å². The number of nitrogens with zero attached hydrogens (tertiary/aromatic N) is 2. The van der Waals surface area contributed by atoms with Crippen molar-refractivity contribution >= 4 is 11.9 Å². The van der Waals surface area contributed by atoms with E-state index in [1.807, 2.05) is 0 Å². The normalized spacial score (nSPS) is 24.9. The van der Waals surface area contributed by atoms with Crippen LogP contribution in [-0.2, 0) is 4.79 Å². The summed E-state index contributed by atoms with van der Waals surface area (Å²) in [5.41, 5.74) is 6.96. The zero-order valence-electron chi connectivity index (χ0n) is 14.8. The summed E-state index contributed by atoms with van der Waals surface area (Å²) in [6, 6.07) is 3.46. The number of halogens is 2. The van der Waals surface area contributed by atoms with Gasteiger partial charge in [-0.05, 0) is 24.1 Å². The van der Waals surface area contributed by atoms with Crippen LogP contribution in [0.2, 0.25) is 0 Å². The maximum Gasteiger partial charge on any atom is 0.317 e. The molecule has 142 valence electrons. The molecule has 7 nitrogen and oxygen atoms in total. The Morgan fingerprint density at radius 1 is 1.27 bits per heavy atom. The second-order valence-corrected chi connectivity index (χ2v) is 6.89. The molecular weight excluding hydrogens is 344 g/mol. The first-order valence-corrected chi connectivity index (χ1v) is 8.55. The average molecular weight is 367 g/mol. The molecule has 0 bridgehead atoms. The molecule has 3 rings (SSSR count). The minimum absolute atomic E-state index is 0.0297. The van der Waals surface area contributed by atoms with E-state index in [1.54, 1.807) is 25.1 Å². The van der Waals surface area contributed by atoms with Gasteiger partial charge in [-0.1, -0.05) is 6.07 Å². The van der Waals surface area contributed by atoms with Crippen LogP contribution < -0.4 is 16.2 Å². The molecule has 26 heavy (non-hydrogen) atoms. The third kappa shape index (κ3) is 3.78. The Morgan fingerprint density at radius 3 is 2.73 bits per heavy atom. The molecule has 3 atom stereocenters. The Balaban J connectivity index is 1.65. The SMILES string of the molecule is CN(C)C(=O)NCC(=O)N1CCC2NNC(c3ccc(F)c(F)c3)C2C1. The smallest absolute Gasteiger partial charge is 0.317 e. The third-order valence-corrected chi connectivity index (χ3v) is 4.96. The molecule has 0 aromatic heterocycles. The number of hydrogen-bond acceptors (Lipinski definition) is 4. The van der Waals surface area contributed by atoms with Gasteiger partial charge >= 0.3 is 6.03 Å². The van der Waals surface area contributed by atoms with Crippen molar-refractivity contribution < 1.29 is 18.4 Å². The maximum absolute atomic E-state index is 13.6. The van der Waals surface area contributed by atoms with Crippen LogP contribution in [0.4, 0.5) is 13.6 Å². The molecule has 2 fully saturated rings. The highest BCUT2D eigenvalue weighted by Gasteiger charge is 2.41. The van der Waals surface area contributed by atoms with Gasteiger partial charge in [-0.3, -0.25) is 10.2 Å². The summed E-state index contributed by atoms with van der Waals surface area (Å²) >= 11 is 0. The summed E-state index contributed by atoms with van der Waals surface area (Å²) in [6.45, 7) is 0.993. The zero-order chi connectivity index (χ0) is 18.8. The van der Waals surface area contributed by atoms with Crippen LogP contribution in [-0.4, -0.2) is 61.5 Å². The Hall–Kier alpha value is -2.26. The van der Waals surface area contributed by atoms with E-state index in [1.165, 1.54) is 11.0 Å². The molecule has 0 aliphatic carbocycles. The molecule has 0 radical (unpaired) electrons. The number of piperidine rings is 1. The standard InChI is InChI=1S/C17H23F2N5O2/c1-23(2)17(26)20-8-15(25)24-6-5-14-11(9-24)16(22-21-14)10-3-4-12(18)13(19)7-10/h3-4,7,11,14,16,21-22H,5-6,8-9H2,1-2H3,(H,20,26). The first-order chi connectivity index (χ1) is 12.4. The monoisotopic (exact) mass is 367 g/mol. The minimum Gasteiger partial charge on any atom is -0.341 e. The molecule has 1 aromatic carbocycles. The topological polar surface area (TPSA) is 76.7 Å². The van der Waals surface area contributed by atoms with Gasteiger partial charge in [0.25, 0.3) is 0 Å². The molecule has 2 aliphatic rings. The van der Waals surface area contributed by atoms with E-state index in [4.69, 9.17) is 0 Å². The first-order valence-electron chi connectivity index (χ1n) is 8.55. The van der Waals surface area contributed by atoms with E-state index in [2.05, 4.69) is 16.2 Å². The molecular formula is C17H23F2N5O2. The van der Waals surface area contributed by atoms with Crippen molar-refractivity contribution in [3.05, 3.63) is 35.4 Å². The number of likely N-dealkylation sites (tertiary alicyclic amines) is 1. The highest BCUT2D eigenvalue weighted by Crippen LogP contribution is 2.34. The third-order valence-electron chi connectivity index (χ3n) is 4.96. The van der Waals surface area contributed by atoms with E-state index in [-0.39, 0.29) is 36.5 Å². The van der Waals surface area contributed by atoms with Gasteiger partial charge in [-0.25, -0.2) is 19.0 Å². The summed E-state index contributed by atoms with van der Waals surface area (Å²) in [6.07, 6.45) is 0.741. The number of rotatable bonds is 3. The van der Waals surface area contributed by atoms with Gasteiger partial charge in [0.2, 0.25) is 5.91 Å². The van der Waals surface area contributed by atoms with Crippen LogP contribution in [0.25, 0.3) is 0 Å². The average Bonchev–Trinajstić information content (AvgIpc) is 3.04. The van der Waals surface area contributed by atoms with E-state index in [9.17, 15) is 18.4 Å². The molecule has 9 heteroatoms. The highest BCUT2D eigenvalue weighted by molar-refractivity contribution is 5.83. The van der Waals surface area contributed by atoms with E-state index >= 15 is 0 Å². The highest BCUT2D eigenvalue weighted by atomic mass is 19.2. The number of hydrogen-bond donors (Lipinski definition) is 3. The van der Waals surface area contributed by atoms with Crippen LogP contribution in [0.1, 0.15) is 18.0 Å². The van der Waals surface area contributed by atoms with Gasteiger partial charge in [-0.15, -0.1) is 0 Å². The number of urea groups is 1. The van der Waals surface area contributed by atoms with Crippen molar-refractivity contribution in [3.63, 3.8) is 0 Å². The predicted octanol–water partition coefficient (Wildman–Crippen LogP) is 0.602. The predicted molar refractivity (Wildman–Crippen MR) is 90.9 cm³/mol. The van der Waals surface area contributed by atoms with Gasteiger partial charge in [0.1, 0.15) is 0 Å². The summed E-state index contributed by atoms with van der Waals surface area (Å²) < 4.78 is 26.8. The maximum atomic E-state index is 13.6. The Bertz CT molecular complexity index is 700. The van der Waals surface area contributed by atoms with Gasteiger partial charge in [-0.2, -0.15) is 0 Å². The van der Waals surface area contributed by atoms with Crippen molar-refractivity contribution in [1.29, 1.82) is 0 Å². The van der Waals surface area contributed by atoms with E-state index < -0.39 is 11.6 Å². The number of nitrogens with one attached hydrogen (secondary N) is 3. The van der Waals surface area contributed by atoms with Crippen molar-refractivity contribution in [1.82, 2.24) is 26.0 Å². The molecule has 2 aliphatic heterocycles. The van der Waals surface area contributed by atoms with Crippen LogP contribution in [0.3, 0.4) is 0 Å². The van der Waals surface area contributed by atoms with Crippen LogP contribution in [0.15, 0.2) is 18.2 Å². The second-order valence-electron chi connectivity index (χ2n) is 6.89. The van der Waals surface area contributed by atoms with Gasteiger partial charge in [0, 0.05) is 39.1 Å². The number of carbonyl (C=O) groups excluding carboxylic acids is 2. The molecule has 2 heterocycles. The number of hydrazine groups is 1. The fourth-order valence-corrected chi connectivity index (χ4v) is 3.49. The number of amides is 3. The summed E-state index contributed by atoms with van der Waals surface area (Å²) in [7, 11) is 3.21. The lowest BCUT2D eigenvalue weighted by molar-refractivity contribution is -0.132. The molecule has 3 amide bonds. The zero-order valence-corrected chi connectivity index (χ0v) is 14.8. The molecule has 2 saturated heterocycles. The Labute approximate surface area is 150 Å². The Morgan fingerprint density at radius 2 is 2.04 bits per heavy atom. The quantitative estimate of drug-likeness (QED) is 0.731. The molecule has 3 unspecified atom stereocenters. The van der Waals surface area contributed by atoms with Crippen molar-refractivity contribution in [2.75, 3.05) is 33.7 Å². The van der Waals surface area contributed by atoms with E-state index in [0.29, 0.717) is 18.7 Å². The fourth-order valence-electron chi connectivity index (χ4n) is 3.49. The van der Waals surface area contributed by atoms with Gasteiger partial charge < -0.3 is 15.1 Å². The second kappa shape index (κ2) is 7.55. The van der Waals surface area contributed by atoms with Gasteiger partial charge in [0.05, 0.1) is 12.6 Å². The fraction of sp³-hybridized carbons (Fsp3) is 0.529. The van der Waals surface area contributed by atoms with Crippen molar-refractivity contribution in [3.8, 4) is 0 Å². The van der Waals surface area contributed by atoms with E-state index in [0.717, 1.165) is 12.5 Å². The lowest BCUT2D eigenvalue weighted by Crippen LogP contribution is -2.51. The summed E-state index contributed by atoms with van der Waals surface area (Å²) in [5, 5.41) is 2.57. The summed E-state index contributed by atoms with van der Waals surface area (Å²) in [4.78, 5) is 27.0. The number of benzene rings is 1. The first kappa shape index (κ1) is 18.5. The molecule has 0 spiro atoms. The van der Waals surface area contributed by atoms with Crippen LogP contribution in [0.5, 0.6) is 0 Å². The molecule has 3 N–H and O–H groups in total. The number of fused-ring (bicyclic) bond motifs is 1. The number of carbonyl (C=O) groups is 2. The molecule has 0 saturated carbocycles. The summed E-state index contributed by atoms with van der Waals surface area (Å²) in [5.74, 6) is -1.90. The molecule has 1 aromatic rings. The van der Waals surface area contributed by atoms with Crippen LogP contribution >= 0.6 is 0 Å². The lowest BCUT2D eigenvalue weighted by Gasteiger charge is -2.36.